The lowest BCUT2D eigenvalue weighted by atomic mass is 10.0. The van der Waals surface area contributed by atoms with Gasteiger partial charge in [-0.15, -0.1) is 0 Å². The van der Waals surface area contributed by atoms with Gasteiger partial charge in [0, 0.05) is 29.9 Å². The molecular formula is C27H32N6O7. The minimum absolute atomic E-state index is 0.0312. The van der Waals surface area contributed by atoms with Gasteiger partial charge in [0.05, 0.1) is 12.6 Å². The molecule has 13 heteroatoms. The third kappa shape index (κ3) is 8.56. The van der Waals surface area contributed by atoms with Gasteiger partial charge in [0.25, 0.3) is 0 Å². The van der Waals surface area contributed by atoms with Gasteiger partial charge in [0.2, 0.25) is 23.6 Å². The molecule has 4 amide bonds. The zero-order valence-electron chi connectivity index (χ0n) is 21.6. The molecule has 0 aliphatic carbocycles. The highest BCUT2D eigenvalue weighted by atomic mass is 16.4. The summed E-state index contributed by atoms with van der Waals surface area (Å²) in [4.78, 5) is 64.2. The van der Waals surface area contributed by atoms with Crippen molar-refractivity contribution in [2.24, 2.45) is 11.5 Å². The molecule has 2 aromatic carbocycles. The van der Waals surface area contributed by atoms with Crippen LogP contribution in [-0.2, 0) is 36.8 Å². The largest absolute Gasteiger partial charge is 0.508 e. The van der Waals surface area contributed by atoms with Crippen molar-refractivity contribution in [1.82, 2.24) is 20.9 Å². The molecule has 0 fully saturated rings. The summed E-state index contributed by atoms with van der Waals surface area (Å²) in [6.07, 6.45) is 1.36. The number of aliphatic carboxylic acids is 1. The first-order chi connectivity index (χ1) is 19.0. The molecule has 40 heavy (non-hydrogen) atoms. The molecule has 0 saturated heterocycles. The number of aromatic amines is 1. The number of amides is 4. The summed E-state index contributed by atoms with van der Waals surface area (Å²) in [5.74, 6) is -4.12. The van der Waals surface area contributed by atoms with Gasteiger partial charge in [-0.3, -0.25) is 19.2 Å². The maximum atomic E-state index is 13.0. The van der Waals surface area contributed by atoms with Gasteiger partial charge in [-0.2, -0.15) is 0 Å². The van der Waals surface area contributed by atoms with Crippen LogP contribution in [0.3, 0.4) is 0 Å². The monoisotopic (exact) mass is 552 g/mol. The number of H-pyrrole nitrogens is 1. The molecule has 0 spiro atoms. The molecule has 0 bridgehead atoms. The van der Waals surface area contributed by atoms with Crippen molar-refractivity contribution >= 4 is 40.5 Å². The molecule has 212 valence electrons. The van der Waals surface area contributed by atoms with Gasteiger partial charge in [0.15, 0.2) is 0 Å². The van der Waals surface area contributed by atoms with Crippen LogP contribution in [0.5, 0.6) is 5.75 Å². The number of aromatic nitrogens is 1. The maximum Gasteiger partial charge on any atom is 0.326 e. The molecule has 13 nitrogen and oxygen atoms in total. The van der Waals surface area contributed by atoms with Gasteiger partial charge < -0.3 is 42.6 Å². The van der Waals surface area contributed by atoms with Crippen molar-refractivity contribution in [3.63, 3.8) is 0 Å². The number of hydrogen-bond donors (Lipinski definition) is 8. The SMILES string of the molecule is NC(=O)CCC(NC(=O)CNC(=O)C(N)Cc1ccc(O)cc1)C(=O)NC(Cc1c[nH]c2ccccc12)C(=O)O. The molecule has 1 heterocycles. The first-order valence-electron chi connectivity index (χ1n) is 12.5. The Kier molecular flexibility index (Phi) is 10.2. The molecule has 3 rings (SSSR count). The second-order valence-electron chi connectivity index (χ2n) is 9.28. The molecule has 0 aliphatic rings. The van der Waals surface area contributed by atoms with Gasteiger partial charge in [-0.05, 0) is 42.2 Å². The number of hydrogen-bond acceptors (Lipinski definition) is 7. The van der Waals surface area contributed by atoms with Crippen LogP contribution in [0, 0.1) is 0 Å². The van der Waals surface area contributed by atoms with E-state index >= 15 is 0 Å². The predicted octanol–water partition coefficient (Wildman–Crippen LogP) is -0.578. The summed E-state index contributed by atoms with van der Waals surface area (Å²) in [6, 6.07) is 9.85. The van der Waals surface area contributed by atoms with Gasteiger partial charge >= 0.3 is 5.97 Å². The number of carboxylic acid groups (broad SMARTS) is 1. The number of rotatable bonds is 14. The molecule has 3 atom stereocenters. The standard InChI is InChI=1S/C27H32N6O7/c28-19(11-15-5-7-17(34)8-6-15)25(37)31-14-24(36)32-21(9-10-23(29)35)26(38)33-22(27(39)40)12-16-13-30-20-4-2-1-3-18(16)20/h1-8,13,19,21-22,30,34H,9-12,14,28H2,(H2,29,35)(H,31,37)(H,32,36)(H,33,38)(H,39,40). The Morgan fingerprint density at radius 1 is 0.900 bits per heavy atom. The van der Waals surface area contributed by atoms with Gasteiger partial charge in [-0.25, -0.2) is 4.79 Å². The zero-order chi connectivity index (χ0) is 29.2. The quantitative estimate of drug-likeness (QED) is 0.129. The number of carboxylic acids is 1. The Morgan fingerprint density at radius 3 is 2.27 bits per heavy atom. The highest BCUT2D eigenvalue weighted by Crippen LogP contribution is 2.19. The van der Waals surface area contributed by atoms with E-state index in [4.69, 9.17) is 11.5 Å². The fourth-order valence-corrected chi connectivity index (χ4v) is 4.07. The first-order valence-corrected chi connectivity index (χ1v) is 12.5. The highest BCUT2D eigenvalue weighted by Gasteiger charge is 2.28. The predicted molar refractivity (Wildman–Crippen MR) is 145 cm³/mol. The normalized spacial score (nSPS) is 13.1. The zero-order valence-corrected chi connectivity index (χ0v) is 21.6. The topological polar surface area (TPSA) is 230 Å². The number of phenols is 1. The van der Waals surface area contributed by atoms with E-state index in [2.05, 4.69) is 20.9 Å². The van der Waals surface area contributed by atoms with E-state index in [1.54, 1.807) is 18.3 Å². The average molecular weight is 553 g/mol. The summed E-state index contributed by atoms with van der Waals surface area (Å²) in [5.41, 5.74) is 13.3. The average Bonchev–Trinajstić information content (AvgIpc) is 3.33. The van der Waals surface area contributed by atoms with E-state index in [1.807, 2.05) is 24.3 Å². The Labute approximate surface area is 229 Å². The van der Waals surface area contributed by atoms with Crippen LogP contribution in [0.2, 0.25) is 0 Å². The molecule has 0 aliphatic heterocycles. The van der Waals surface area contributed by atoms with Crippen LogP contribution >= 0.6 is 0 Å². The van der Waals surface area contributed by atoms with Gasteiger partial charge in [-0.1, -0.05) is 30.3 Å². The number of fused-ring (bicyclic) bond motifs is 1. The van der Waals surface area contributed by atoms with Crippen LogP contribution in [0.4, 0.5) is 0 Å². The Hall–Kier alpha value is -4.91. The van der Waals surface area contributed by atoms with Crippen LogP contribution in [0.25, 0.3) is 10.9 Å². The number of primary amides is 1. The minimum Gasteiger partial charge on any atom is -0.508 e. The fourth-order valence-electron chi connectivity index (χ4n) is 4.07. The summed E-state index contributed by atoms with van der Waals surface area (Å²) in [6.45, 7) is -0.514. The third-order valence-corrected chi connectivity index (χ3v) is 6.20. The lowest BCUT2D eigenvalue weighted by molar-refractivity contribution is -0.142. The number of nitrogens with one attached hydrogen (secondary N) is 4. The van der Waals surface area contributed by atoms with Crippen molar-refractivity contribution in [2.45, 2.75) is 43.8 Å². The lowest BCUT2D eigenvalue weighted by Gasteiger charge is -2.21. The third-order valence-electron chi connectivity index (χ3n) is 6.20. The Balaban J connectivity index is 1.59. The Morgan fingerprint density at radius 2 is 1.60 bits per heavy atom. The summed E-state index contributed by atoms with van der Waals surface area (Å²) in [7, 11) is 0. The molecular weight excluding hydrogens is 520 g/mol. The molecule has 0 radical (unpaired) electrons. The number of para-hydroxylation sites is 1. The van der Waals surface area contributed by atoms with Crippen molar-refractivity contribution in [2.75, 3.05) is 6.54 Å². The number of benzene rings is 2. The van der Waals surface area contributed by atoms with E-state index < -0.39 is 54.3 Å². The van der Waals surface area contributed by atoms with Gasteiger partial charge in [0.1, 0.15) is 17.8 Å². The minimum atomic E-state index is -1.32. The van der Waals surface area contributed by atoms with E-state index in [0.29, 0.717) is 11.1 Å². The van der Waals surface area contributed by atoms with Crippen LogP contribution in [0.15, 0.2) is 54.7 Å². The number of phenolic OH excluding ortho intramolecular Hbond substituents is 1. The van der Waals surface area contributed by atoms with Crippen LogP contribution in [-0.4, -0.2) is 69.5 Å². The Bertz CT molecular complexity index is 1370. The van der Waals surface area contributed by atoms with Crippen molar-refractivity contribution in [1.29, 1.82) is 0 Å². The summed E-state index contributed by atoms with van der Waals surface area (Å²) >= 11 is 0. The van der Waals surface area contributed by atoms with E-state index in [9.17, 15) is 34.2 Å². The van der Waals surface area contributed by atoms with E-state index in [1.165, 1.54) is 12.1 Å². The maximum absolute atomic E-state index is 13.0. The van der Waals surface area contributed by atoms with Crippen LogP contribution in [0.1, 0.15) is 24.0 Å². The number of nitrogens with two attached hydrogens (primary N) is 2. The van der Waals surface area contributed by atoms with Crippen molar-refractivity contribution in [3.8, 4) is 5.75 Å². The first kappa shape index (κ1) is 29.6. The van der Waals surface area contributed by atoms with Crippen molar-refractivity contribution < 1.29 is 34.2 Å². The second kappa shape index (κ2) is 13.8. The lowest BCUT2D eigenvalue weighted by Crippen LogP contribution is -2.54. The summed E-state index contributed by atoms with van der Waals surface area (Å²) in [5, 5.41) is 27.1. The number of carbonyl (C=O) groups is 5. The highest BCUT2D eigenvalue weighted by molar-refractivity contribution is 5.93. The molecule has 1 aromatic heterocycles. The fraction of sp³-hybridized carbons (Fsp3) is 0.296. The number of carbonyl (C=O) groups excluding carboxylic acids is 4. The molecule has 3 aromatic rings. The van der Waals surface area contributed by atoms with E-state index in [-0.39, 0.29) is 31.4 Å². The second-order valence-corrected chi connectivity index (χ2v) is 9.28. The summed E-state index contributed by atoms with van der Waals surface area (Å²) < 4.78 is 0. The van der Waals surface area contributed by atoms with E-state index in [0.717, 1.165) is 10.9 Å². The number of aromatic hydroxyl groups is 1. The molecule has 3 unspecified atom stereocenters. The smallest absolute Gasteiger partial charge is 0.326 e. The van der Waals surface area contributed by atoms with Crippen molar-refractivity contribution in [3.05, 3.63) is 65.9 Å². The van der Waals surface area contributed by atoms with Crippen LogP contribution < -0.4 is 27.4 Å². The molecule has 0 saturated carbocycles. The molecule has 10 N–H and O–H groups in total.